The zero-order valence-electron chi connectivity index (χ0n) is 13.8. The molecule has 0 radical (unpaired) electrons. The molecule has 0 aromatic heterocycles. The van der Waals surface area contributed by atoms with Gasteiger partial charge in [0, 0.05) is 18.1 Å². The van der Waals surface area contributed by atoms with Crippen LogP contribution in [-0.4, -0.2) is 18.9 Å². The van der Waals surface area contributed by atoms with Crippen LogP contribution >= 0.6 is 12.4 Å². The van der Waals surface area contributed by atoms with E-state index in [1.165, 1.54) is 42.8 Å². The zero-order valence-corrected chi connectivity index (χ0v) is 14.6. The molecule has 11 heteroatoms. The number of aliphatic imine (C=N–C) groups is 1. The first-order chi connectivity index (χ1) is 12.6. The second-order valence-corrected chi connectivity index (χ2v) is 4.90. The van der Waals surface area contributed by atoms with Gasteiger partial charge in [0.2, 0.25) is 0 Å². The third kappa shape index (κ3) is 9.17. The predicted octanol–water partition coefficient (Wildman–Crippen LogP) is 6.23. The summed E-state index contributed by atoms with van der Waals surface area (Å²) in [5.41, 5.74) is 0.922. The van der Waals surface area contributed by atoms with Crippen molar-refractivity contribution in [3.63, 3.8) is 0 Å². The van der Waals surface area contributed by atoms with Crippen molar-refractivity contribution in [1.29, 1.82) is 0 Å². The first-order valence-corrected chi connectivity index (χ1v) is 7.28. The molecule has 2 rings (SSSR count). The van der Waals surface area contributed by atoms with Crippen molar-refractivity contribution in [2.45, 2.75) is 12.7 Å². The van der Waals surface area contributed by atoms with Crippen molar-refractivity contribution >= 4 is 30.0 Å². The van der Waals surface area contributed by atoms with Gasteiger partial charge in [-0.15, -0.1) is 38.7 Å². The molecule has 4 nitrogen and oxygen atoms in total. The van der Waals surface area contributed by atoms with Gasteiger partial charge >= 0.3 is 12.7 Å². The Morgan fingerprint density at radius 3 is 1.68 bits per heavy atom. The van der Waals surface area contributed by atoms with Gasteiger partial charge in [0.25, 0.3) is 0 Å². The topological polar surface area (TPSA) is 42.8 Å². The van der Waals surface area contributed by atoms with Crippen LogP contribution in [0.5, 0.6) is 11.5 Å². The molecule has 2 aromatic rings. The summed E-state index contributed by atoms with van der Waals surface area (Å²) in [5, 5.41) is 2.80. The van der Waals surface area contributed by atoms with Crippen molar-refractivity contribution in [3.05, 3.63) is 60.8 Å². The van der Waals surface area contributed by atoms with E-state index >= 15 is 0 Å². The molecule has 0 atom stereocenters. The molecule has 0 unspecified atom stereocenters. The molecule has 0 saturated carbocycles. The number of alkyl halides is 6. The van der Waals surface area contributed by atoms with Gasteiger partial charge < -0.3 is 14.8 Å². The summed E-state index contributed by atoms with van der Waals surface area (Å²) < 4.78 is 79.7. The molecule has 0 aliphatic rings. The maximum absolute atomic E-state index is 12.0. The second kappa shape index (κ2) is 9.88. The van der Waals surface area contributed by atoms with Crippen LogP contribution in [0.4, 0.5) is 37.7 Å². The van der Waals surface area contributed by atoms with Gasteiger partial charge in [0.1, 0.15) is 11.5 Å². The molecule has 1 N–H and O–H groups in total. The Kier molecular flexibility index (Phi) is 8.17. The Labute approximate surface area is 161 Å². The molecule has 2 aromatic carbocycles. The summed E-state index contributed by atoms with van der Waals surface area (Å²) in [6.07, 6.45) is -5.14. The van der Waals surface area contributed by atoms with E-state index in [9.17, 15) is 26.3 Å². The molecule has 0 aliphatic heterocycles. The Morgan fingerprint density at radius 1 is 0.750 bits per heavy atom. The van der Waals surface area contributed by atoms with Gasteiger partial charge in [0.05, 0.1) is 5.69 Å². The van der Waals surface area contributed by atoms with Crippen LogP contribution in [0, 0.1) is 0 Å². The van der Waals surface area contributed by atoms with Gasteiger partial charge in [-0.05, 0) is 54.6 Å². The summed E-state index contributed by atoms with van der Waals surface area (Å²) >= 11 is 0. The minimum absolute atomic E-state index is 0. The fourth-order valence-corrected chi connectivity index (χ4v) is 1.80. The highest BCUT2D eigenvalue weighted by atomic mass is 35.5. The lowest BCUT2D eigenvalue weighted by atomic mass is 10.3. The number of nitrogens with one attached hydrogen (secondary N) is 1. The Hall–Kier alpha value is -2.88. The van der Waals surface area contributed by atoms with E-state index in [1.807, 2.05) is 0 Å². The van der Waals surface area contributed by atoms with Crippen molar-refractivity contribution < 1.29 is 35.8 Å². The average molecular weight is 427 g/mol. The van der Waals surface area contributed by atoms with E-state index < -0.39 is 12.7 Å². The molecular formula is C17H13ClF6N2O2. The van der Waals surface area contributed by atoms with Crippen LogP contribution in [0.3, 0.4) is 0 Å². The molecule has 0 saturated heterocycles. The molecule has 0 heterocycles. The summed E-state index contributed by atoms with van der Waals surface area (Å²) in [6, 6.07) is 10.0. The first-order valence-electron chi connectivity index (χ1n) is 7.28. The fourth-order valence-electron chi connectivity index (χ4n) is 1.80. The molecular weight excluding hydrogens is 414 g/mol. The van der Waals surface area contributed by atoms with Gasteiger partial charge in [-0.2, -0.15) is 0 Å². The number of halogens is 7. The number of rotatable bonds is 6. The van der Waals surface area contributed by atoms with Gasteiger partial charge in [-0.3, -0.25) is 4.99 Å². The Bertz CT molecular complexity index is 787. The van der Waals surface area contributed by atoms with Gasteiger partial charge in [-0.25, -0.2) is 0 Å². The molecule has 28 heavy (non-hydrogen) atoms. The number of anilines is 1. The van der Waals surface area contributed by atoms with E-state index in [-0.39, 0.29) is 23.9 Å². The number of hydrogen-bond acceptors (Lipinski definition) is 4. The zero-order chi connectivity index (χ0) is 19.9. The monoisotopic (exact) mass is 426 g/mol. The predicted molar refractivity (Wildman–Crippen MR) is 94.4 cm³/mol. The number of nitrogens with zero attached hydrogens (tertiary/aromatic N) is 1. The van der Waals surface area contributed by atoms with E-state index in [2.05, 4.69) is 19.8 Å². The van der Waals surface area contributed by atoms with Crippen LogP contribution in [0.25, 0.3) is 0 Å². The average Bonchev–Trinajstić information content (AvgIpc) is 2.55. The SMILES string of the molecule is Cl.FC(F)(F)Oc1ccc(N=C/C=C/Nc2ccc(OC(F)(F)F)cc2)cc1. The van der Waals surface area contributed by atoms with E-state index in [4.69, 9.17) is 0 Å². The first kappa shape index (κ1) is 23.2. The third-order valence-electron chi connectivity index (χ3n) is 2.81. The summed E-state index contributed by atoms with van der Waals surface area (Å²) in [7, 11) is 0. The Morgan fingerprint density at radius 2 is 1.21 bits per heavy atom. The van der Waals surface area contributed by atoms with Crippen molar-refractivity contribution in [3.8, 4) is 11.5 Å². The molecule has 0 bridgehead atoms. The van der Waals surface area contributed by atoms with Crippen molar-refractivity contribution in [2.24, 2.45) is 4.99 Å². The lowest BCUT2D eigenvalue weighted by Gasteiger charge is -2.09. The van der Waals surface area contributed by atoms with Gasteiger partial charge in [0.15, 0.2) is 0 Å². The van der Waals surface area contributed by atoms with Crippen LogP contribution in [-0.2, 0) is 0 Å². The van der Waals surface area contributed by atoms with Gasteiger partial charge in [-0.1, -0.05) is 0 Å². The summed E-state index contributed by atoms with van der Waals surface area (Å²) in [6.45, 7) is 0. The number of benzene rings is 2. The van der Waals surface area contributed by atoms with E-state index in [0.717, 1.165) is 24.3 Å². The van der Waals surface area contributed by atoms with Crippen LogP contribution < -0.4 is 14.8 Å². The Balaban J connectivity index is 0.00000392. The highest BCUT2D eigenvalue weighted by molar-refractivity contribution is 5.85. The standard InChI is InChI=1S/C17H12F6N2O2.ClH/c18-16(19,20)26-14-6-2-12(3-7-14)24-10-1-11-25-13-4-8-15(9-5-13)27-17(21,22)23;/h1-11,24H;1H/b10-1+,25-11?;. The minimum Gasteiger partial charge on any atom is -0.406 e. The third-order valence-corrected chi connectivity index (χ3v) is 2.81. The summed E-state index contributed by atoms with van der Waals surface area (Å²) in [5.74, 6) is -0.687. The normalized spacial score (nSPS) is 12.1. The second-order valence-electron chi connectivity index (χ2n) is 4.90. The lowest BCUT2D eigenvalue weighted by Crippen LogP contribution is -2.16. The maximum atomic E-state index is 12.0. The molecule has 0 spiro atoms. The maximum Gasteiger partial charge on any atom is 0.573 e. The number of allylic oxidation sites excluding steroid dienone is 1. The highest BCUT2D eigenvalue weighted by Gasteiger charge is 2.31. The van der Waals surface area contributed by atoms with Crippen LogP contribution in [0.2, 0.25) is 0 Å². The largest absolute Gasteiger partial charge is 0.573 e. The quantitative estimate of drug-likeness (QED) is 0.439. The smallest absolute Gasteiger partial charge is 0.406 e. The minimum atomic E-state index is -4.75. The van der Waals surface area contributed by atoms with E-state index in [1.54, 1.807) is 0 Å². The number of hydrogen-bond donors (Lipinski definition) is 1. The fraction of sp³-hybridized carbons (Fsp3) is 0.118. The van der Waals surface area contributed by atoms with Crippen LogP contribution in [0.15, 0.2) is 65.8 Å². The van der Waals surface area contributed by atoms with E-state index in [0.29, 0.717) is 11.4 Å². The van der Waals surface area contributed by atoms with Crippen LogP contribution in [0.1, 0.15) is 0 Å². The van der Waals surface area contributed by atoms with Crippen molar-refractivity contribution in [2.75, 3.05) is 5.32 Å². The number of ether oxygens (including phenoxy) is 2. The molecule has 0 fully saturated rings. The molecule has 0 aliphatic carbocycles. The molecule has 0 amide bonds. The molecule has 152 valence electrons. The van der Waals surface area contributed by atoms with Crippen molar-refractivity contribution in [1.82, 2.24) is 0 Å². The lowest BCUT2D eigenvalue weighted by molar-refractivity contribution is -0.275. The summed E-state index contributed by atoms with van der Waals surface area (Å²) in [4.78, 5) is 4.00. The highest BCUT2D eigenvalue weighted by Crippen LogP contribution is 2.25.